The lowest BCUT2D eigenvalue weighted by molar-refractivity contribution is -0.128. The van der Waals surface area contributed by atoms with Crippen molar-refractivity contribution >= 4 is 17.8 Å². The minimum atomic E-state index is -0.729. The maximum atomic E-state index is 12.0. The van der Waals surface area contributed by atoms with E-state index in [9.17, 15) is 14.4 Å². The van der Waals surface area contributed by atoms with Crippen LogP contribution in [0.5, 0.6) is 0 Å². The van der Waals surface area contributed by atoms with Gasteiger partial charge in [-0.15, -0.1) is 0 Å². The Bertz CT molecular complexity index is 340. The summed E-state index contributed by atoms with van der Waals surface area (Å²) in [5.74, 6) is -0.641. The lowest BCUT2D eigenvalue weighted by atomic mass is 10.0. The van der Waals surface area contributed by atoms with Crippen LogP contribution in [0.2, 0.25) is 0 Å². The van der Waals surface area contributed by atoms with Gasteiger partial charge in [-0.05, 0) is 33.6 Å². The number of ketones is 1. The van der Waals surface area contributed by atoms with Crippen LogP contribution in [-0.4, -0.2) is 36.0 Å². The molecule has 19 heavy (non-hydrogen) atoms. The van der Waals surface area contributed by atoms with Crippen LogP contribution in [0.25, 0.3) is 0 Å². The van der Waals surface area contributed by atoms with Gasteiger partial charge in [-0.1, -0.05) is 13.8 Å². The molecule has 110 valence electrons. The molecule has 1 unspecified atom stereocenters. The van der Waals surface area contributed by atoms with Crippen molar-refractivity contribution in [3.63, 3.8) is 0 Å². The number of alkyl carbamates (subject to hydrolysis) is 1. The van der Waals surface area contributed by atoms with Gasteiger partial charge in [-0.2, -0.15) is 0 Å². The fourth-order valence-electron chi connectivity index (χ4n) is 1.31. The van der Waals surface area contributed by atoms with E-state index in [2.05, 4.69) is 10.6 Å². The molecule has 0 saturated heterocycles. The number of rotatable bonds is 6. The quantitative estimate of drug-likeness (QED) is 0.762. The van der Waals surface area contributed by atoms with Crippen LogP contribution < -0.4 is 10.6 Å². The van der Waals surface area contributed by atoms with E-state index in [4.69, 9.17) is 4.74 Å². The van der Waals surface area contributed by atoms with Gasteiger partial charge in [0.2, 0.25) is 5.91 Å². The third-order valence-electron chi connectivity index (χ3n) is 2.53. The number of carbonyl (C=O) groups excluding carboxylic acids is 3. The minimum Gasteiger partial charge on any atom is -0.447 e. The van der Waals surface area contributed by atoms with Gasteiger partial charge in [0.15, 0.2) is 5.78 Å². The Hall–Kier alpha value is -1.59. The van der Waals surface area contributed by atoms with E-state index in [0.29, 0.717) is 0 Å². The van der Waals surface area contributed by atoms with E-state index in [-0.39, 0.29) is 17.8 Å². The highest BCUT2D eigenvalue weighted by Crippen LogP contribution is 2.04. The van der Waals surface area contributed by atoms with Crippen molar-refractivity contribution < 1.29 is 19.1 Å². The maximum Gasteiger partial charge on any atom is 0.408 e. The van der Waals surface area contributed by atoms with E-state index in [1.54, 1.807) is 34.6 Å². The van der Waals surface area contributed by atoms with Gasteiger partial charge < -0.3 is 15.4 Å². The molecule has 2 amide bonds. The van der Waals surface area contributed by atoms with E-state index in [0.717, 1.165) is 0 Å². The van der Waals surface area contributed by atoms with Crippen LogP contribution in [-0.2, 0) is 14.3 Å². The average Bonchev–Trinajstić information content (AvgIpc) is 2.23. The third kappa shape index (κ3) is 6.79. The zero-order chi connectivity index (χ0) is 15.2. The molecule has 6 nitrogen and oxygen atoms in total. The van der Waals surface area contributed by atoms with Crippen LogP contribution in [0.3, 0.4) is 0 Å². The predicted molar refractivity (Wildman–Crippen MR) is 71.7 cm³/mol. The summed E-state index contributed by atoms with van der Waals surface area (Å²) in [4.78, 5) is 34.6. The summed E-state index contributed by atoms with van der Waals surface area (Å²) >= 11 is 0. The van der Waals surface area contributed by atoms with Crippen LogP contribution in [0, 0.1) is 5.92 Å². The highest BCUT2D eigenvalue weighted by molar-refractivity contribution is 5.91. The normalized spacial score (nSPS) is 13.9. The van der Waals surface area contributed by atoms with Gasteiger partial charge in [0.05, 0.1) is 12.1 Å². The standard InChI is InChI=1S/C13H24N2O4/c1-7(2)11(15-13(18)19-8(3)4)12(17)14-9(5)10(6)16/h7-9,11H,1-6H3,(H,14,17)(H,15,18)/t9?,11-/m0/s1. The number of nitrogens with one attached hydrogen (secondary N) is 2. The van der Waals surface area contributed by atoms with Crippen molar-refractivity contribution in [1.82, 2.24) is 10.6 Å². The Kier molecular flexibility index (Phi) is 7.11. The van der Waals surface area contributed by atoms with Crippen molar-refractivity contribution in [3.8, 4) is 0 Å². The van der Waals surface area contributed by atoms with Gasteiger partial charge in [0.25, 0.3) is 0 Å². The molecule has 2 atom stereocenters. The van der Waals surface area contributed by atoms with Crippen LogP contribution in [0.4, 0.5) is 4.79 Å². The number of amides is 2. The molecule has 0 spiro atoms. The number of carbonyl (C=O) groups is 3. The lowest BCUT2D eigenvalue weighted by Crippen LogP contribution is -2.53. The monoisotopic (exact) mass is 272 g/mol. The molecule has 0 heterocycles. The van der Waals surface area contributed by atoms with Gasteiger partial charge in [-0.3, -0.25) is 9.59 Å². The molecule has 0 aromatic rings. The molecule has 0 saturated carbocycles. The Morgan fingerprint density at radius 1 is 0.947 bits per heavy atom. The van der Waals surface area contributed by atoms with Crippen LogP contribution in [0.15, 0.2) is 0 Å². The van der Waals surface area contributed by atoms with E-state index >= 15 is 0 Å². The Balaban J connectivity index is 4.60. The zero-order valence-corrected chi connectivity index (χ0v) is 12.4. The Morgan fingerprint density at radius 3 is 1.84 bits per heavy atom. The maximum absolute atomic E-state index is 12.0. The van der Waals surface area contributed by atoms with Crippen molar-refractivity contribution in [2.75, 3.05) is 0 Å². The van der Waals surface area contributed by atoms with Gasteiger partial charge in [0, 0.05) is 0 Å². The molecule has 0 radical (unpaired) electrons. The highest BCUT2D eigenvalue weighted by Gasteiger charge is 2.26. The van der Waals surface area contributed by atoms with Gasteiger partial charge in [0.1, 0.15) is 6.04 Å². The molecule has 0 aliphatic carbocycles. The fraction of sp³-hybridized carbons (Fsp3) is 0.769. The average molecular weight is 272 g/mol. The summed E-state index contributed by atoms with van der Waals surface area (Å²) in [6, 6.07) is -1.30. The second-order valence-electron chi connectivity index (χ2n) is 5.16. The summed E-state index contributed by atoms with van der Waals surface area (Å²) < 4.78 is 4.94. The zero-order valence-electron chi connectivity index (χ0n) is 12.4. The molecule has 0 aromatic carbocycles. The second-order valence-corrected chi connectivity index (χ2v) is 5.16. The molecule has 0 rings (SSSR count). The van der Waals surface area contributed by atoms with Crippen molar-refractivity contribution in [1.29, 1.82) is 0 Å². The largest absolute Gasteiger partial charge is 0.447 e. The molecule has 0 bridgehead atoms. The Labute approximate surface area is 114 Å². The highest BCUT2D eigenvalue weighted by atomic mass is 16.6. The number of Topliss-reactive ketones (excluding diaryl/α,β-unsaturated/α-hetero) is 1. The molecule has 0 aliphatic heterocycles. The minimum absolute atomic E-state index is 0.112. The summed E-state index contributed by atoms with van der Waals surface area (Å²) in [7, 11) is 0. The van der Waals surface area contributed by atoms with Crippen molar-refractivity contribution in [2.45, 2.75) is 59.7 Å². The number of ether oxygens (including phenoxy) is 1. The first kappa shape index (κ1) is 17.4. The third-order valence-corrected chi connectivity index (χ3v) is 2.53. The first-order valence-electron chi connectivity index (χ1n) is 6.43. The van der Waals surface area contributed by atoms with E-state index < -0.39 is 24.1 Å². The molecular formula is C13H24N2O4. The first-order valence-corrected chi connectivity index (χ1v) is 6.43. The lowest BCUT2D eigenvalue weighted by Gasteiger charge is -2.23. The van der Waals surface area contributed by atoms with E-state index in [1.165, 1.54) is 6.92 Å². The van der Waals surface area contributed by atoms with Gasteiger partial charge in [-0.25, -0.2) is 4.79 Å². The SMILES string of the molecule is CC(=O)C(C)NC(=O)[C@@H](NC(=O)OC(C)C)C(C)C. The number of hydrogen-bond donors (Lipinski definition) is 2. The topological polar surface area (TPSA) is 84.5 Å². The van der Waals surface area contributed by atoms with Crippen molar-refractivity contribution in [3.05, 3.63) is 0 Å². The first-order chi connectivity index (χ1) is 8.65. The van der Waals surface area contributed by atoms with Crippen LogP contribution >= 0.6 is 0 Å². The smallest absolute Gasteiger partial charge is 0.408 e. The molecule has 0 aromatic heterocycles. The van der Waals surface area contributed by atoms with Crippen molar-refractivity contribution in [2.24, 2.45) is 5.92 Å². The summed E-state index contributed by atoms with van der Waals surface area (Å²) in [5, 5.41) is 5.07. The number of hydrogen-bond acceptors (Lipinski definition) is 4. The fourth-order valence-corrected chi connectivity index (χ4v) is 1.31. The van der Waals surface area contributed by atoms with E-state index in [1.807, 2.05) is 0 Å². The van der Waals surface area contributed by atoms with Crippen LogP contribution in [0.1, 0.15) is 41.5 Å². The molecule has 0 aliphatic rings. The van der Waals surface area contributed by atoms with Gasteiger partial charge >= 0.3 is 6.09 Å². The second kappa shape index (κ2) is 7.76. The molecular weight excluding hydrogens is 248 g/mol. The summed E-state index contributed by atoms with van der Waals surface area (Å²) in [6.45, 7) is 10.1. The Morgan fingerprint density at radius 2 is 1.47 bits per heavy atom. The molecule has 2 N–H and O–H groups in total. The molecule has 0 fully saturated rings. The predicted octanol–water partition coefficient (Wildman–Crippen LogP) is 1.24. The summed E-state index contributed by atoms with van der Waals surface area (Å²) in [5.41, 5.74) is 0. The molecule has 6 heteroatoms. The summed E-state index contributed by atoms with van der Waals surface area (Å²) in [6.07, 6.45) is -0.897.